The highest BCUT2D eigenvalue weighted by atomic mass is 16.1. The molecule has 0 aliphatic heterocycles. The lowest BCUT2D eigenvalue weighted by Gasteiger charge is -2.28. The van der Waals surface area contributed by atoms with Gasteiger partial charge >= 0.3 is 0 Å². The van der Waals surface area contributed by atoms with Gasteiger partial charge < -0.3 is 4.79 Å². The van der Waals surface area contributed by atoms with E-state index >= 15 is 0 Å². The minimum atomic E-state index is 0.0382. The van der Waals surface area contributed by atoms with Crippen LogP contribution >= 0.6 is 0 Å². The molecule has 0 heterocycles. The zero-order valence-corrected chi connectivity index (χ0v) is 8.51. The SMILES string of the molecule is CC[C@@H]1CCCC(=O)[C@@H]1CC(C)=O. The zero-order valence-electron chi connectivity index (χ0n) is 8.51. The van der Waals surface area contributed by atoms with E-state index in [0.717, 1.165) is 19.3 Å². The van der Waals surface area contributed by atoms with Crippen molar-refractivity contribution in [1.29, 1.82) is 0 Å². The van der Waals surface area contributed by atoms with Crippen molar-refractivity contribution in [3.63, 3.8) is 0 Å². The molecular weight excluding hydrogens is 164 g/mol. The van der Waals surface area contributed by atoms with Gasteiger partial charge in [-0.15, -0.1) is 0 Å². The van der Waals surface area contributed by atoms with Gasteiger partial charge in [0, 0.05) is 18.8 Å². The minimum Gasteiger partial charge on any atom is -0.300 e. The van der Waals surface area contributed by atoms with Gasteiger partial charge in [0.1, 0.15) is 11.6 Å². The number of ketones is 2. The van der Waals surface area contributed by atoms with Crippen LogP contribution in [0.3, 0.4) is 0 Å². The summed E-state index contributed by atoms with van der Waals surface area (Å²) in [5.41, 5.74) is 0. The molecule has 1 fully saturated rings. The highest BCUT2D eigenvalue weighted by Gasteiger charge is 2.31. The Hall–Kier alpha value is -0.660. The highest BCUT2D eigenvalue weighted by Crippen LogP contribution is 2.31. The van der Waals surface area contributed by atoms with Crippen LogP contribution < -0.4 is 0 Å². The summed E-state index contributed by atoms with van der Waals surface area (Å²) in [6.45, 7) is 3.69. The molecule has 0 saturated heterocycles. The maximum absolute atomic E-state index is 11.5. The molecule has 1 aliphatic carbocycles. The summed E-state index contributed by atoms with van der Waals surface area (Å²) in [5.74, 6) is 0.966. The van der Waals surface area contributed by atoms with E-state index in [9.17, 15) is 9.59 Å². The summed E-state index contributed by atoms with van der Waals surface area (Å²) in [4.78, 5) is 22.5. The van der Waals surface area contributed by atoms with Gasteiger partial charge in [-0.05, 0) is 25.7 Å². The second kappa shape index (κ2) is 4.54. The molecule has 0 spiro atoms. The van der Waals surface area contributed by atoms with Gasteiger partial charge in [-0.25, -0.2) is 0 Å². The Kier molecular flexibility index (Phi) is 3.64. The number of carbonyl (C=O) groups is 2. The molecule has 0 aromatic carbocycles. The third kappa shape index (κ3) is 2.64. The normalized spacial score (nSPS) is 28.9. The summed E-state index contributed by atoms with van der Waals surface area (Å²) in [6, 6.07) is 0. The van der Waals surface area contributed by atoms with E-state index in [4.69, 9.17) is 0 Å². The van der Waals surface area contributed by atoms with Gasteiger partial charge in [-0.2, -0.15) is 0 Å². The summed E-state index contributed by atoms with van der Waals surface area (Å²) in [5, 5.41) is 0. The molecule has 0 amide bonds. The third-order valence-corrected chi connectivity index (χ3v) is 3.01. The molecule has 1 rings (SSSR count). The monoisotopic (exact) mass is 182 g/mol. The molecule has 13 heavy (non-hydrogen) atoms. The van der Waals surface area contributed by atoms with Gasteiger partial charge in [-0.1, -0.05) is 13.3 Å². The second-order valence-electron chi connectivity index (χ2n) is 4.04. The lowest BCUT2D eigenvalue weighted by molar-refractivity contribution is -0.131. The van der Waals surface area contributed by atoms with Crippen molar-refractivity contribution < 1.29 is 9.59 Å². The van der Waals surface area contributed by atoms with E-state index in [1.165, 1.54) is 0 Å². The molecule has 0 unspecified atom stereocenters. The molecule has 0 aromatic heterocycles. The molecule has 1 saturated carbocycles. The third-order valence-electron chi connectivity index (χ3n) is 3.01. The lowest BCUT2D eigenvalue weighted by Crippen LogP contribution is -2.29. The van der Waals surface area contributed by atoms with E-state index in [1.807, 2.05) is 0 Å². The average molecular weight is 182 g/mol. The summed E-state index contributed by atoms with van der Waals surface area (Å²) < 4.78 is 0. The lowest BCUT2D eigenvalue weighted by atomic mass is 9.75. The zero-order chi connectivity index (χ0) is 9.84. The van der Waals surface area contributed by atoms with Crippen LogP contribution in [0.1, 0.15) is 46.0 Å². The van der Waals surface area contributed by atoms with Crippen LogP contribution in [0.25, 0.3) is 0 Å². The predicted molar refractivity (Wildman–Crippen MR) is 51.4 cm³/mol. The number of rotatable bonds is 3. The summed E-state index contributed by atoms with van der Waals surface area (Å²) >= 11 is 0. The Morgan fingerprint density at radius 2 is 2.23 bits per heavy atom. The molecule has 74 valence electrons. The number of hydrogen-bond donors (Lipinski definition) is 0. The van der Waals surface area contributed by atoms with Crippen LogP contribution in [-0.2, 0) is 9.59 Å². The Bertz CT molecular complexity index is 208. The maximum Gasteiger partial charge on any atom is 0.136 e. The van der Waals surface area contributed by atoms with Crippen molar-refractivity contribution in [2.75, 3.05) is 0 Å². The maximum atomic E-state index is 11.5. The minimum absolute atomic E-state index is 0.0382. The molecule has 0 aromatic rings. The standard InChI is InChI=1S/C11H18O2/c1-3-9-5-4-6-11(13)10(9)7-8(2)12/h9-10H,3-7H2,1-2H3/t9-,10-/m1/s1. The largest absolute Gasteiger partial charge is 0.300 e. The van der Waals surface area contributed by atoms with Gasteiger partial charge in [0.05, 0.1) is 0 Å². The highest BCUT2D eigenvalue weighted by molar-refractivity contribution is 5.87. The fourth-order valence-electron chi connectivity index (χ4n) is 2.27. The quantitative estimate of drug-likeness (QED) is 0.671. The van der Waals surface area contributed by atoms with Crippen LogP contribution in [0, 0.1) is 11.8 Å². The van der Waals surface area contributed by atoms with E-state index in [-0.39, 0.29) is 11.7 Å². The first-order valence-electron chi connectivity index (χ1n) is 5.17. The number of carbonyl (C=O) groups excluding carboxylic acids is 2. The number of Topliss-reactive ketones (excluding diaryl/α,β-unsaturated/α-hetero) is 2. The van der Waals surface area contributed by atoms with Crippen LogP contribution in [-0.4, -0.2) is 11.6 Å². The van der Waals surface area contributed by atoms with Crippen molar-refractivity contribution >= 4 is 11.6 Å². The molecular formula is C11H18O2. The van der Waals surface area contributed by atoms with Crippen LogP contribution in [0.2, 0.25) is 0 Å². The Labute approximate surface area is 79.7 Å². The Morgan fingerprint density at radius 1 is 1.54 bits per heavy atom. The Balaban J connectivity index is 2.62. The molecule has 0 radical (unpaired) electrons. The number of hydrogen-bond acceptors (Lipinski definition) is 2. The van der Waals surface area contributed by atoms with Crippen molar-refractivity contribution in [2.24, 2.45) is 11.8 Å². The molecule has 0 bridgehead atoms. The molecule has 2 atom stereocenters. The topological polar surface area (TPSA) is 34.1 Å². The first-order chi connectivity index (χ1) is 6.15. The van der Waals surface area contributed by atoms with Crippen LogP contribution in [0.5, 0.6) is 0 Å². The molecule has 2 heteroatoms. The summed E-state index contributed by atoms with van der Waals surface area (Å²) in [7, 11) is 0. The predicted octanol–water partition coefficient (Wildman–Crippen LogP) is 2.36. The molecule has 2 nitrogen and oxygen atoms in total. The average Bonchev–Trinajstić information content (AvgIpc) is 2.08. The van der Waals surface area contributed by atoms with Gasteiger partial charge in [0.15, 0.2) is 0 Å². The first-order valence-corrected chi connectivity index (χ1v) is 5.17. The van der Waals surface area contributed by atoms with E-state index in [1.54, 1.807) is 6.92 Å². The van der Waals surface area contributed by atoms with Crippen LogP contribution in [0.4, 0.5) is 0 Å². The van der Waals surface area contributed by atoms with Crippen molar-refractivity contribution in [1.82, 2.24) is 0 Å². The smallest absolute Gasteiger partial charge is 0.136 e. The second-order valence-corrected chi connectivity index (χ2v) is 4.04. The van der Waals surface area contributed by atoms with E-state index in [0.29, 0.717) is 24.5 Å². The summed E-state index contributed by atoms with van der Waals surface area (Å²) in [6.07, 6.45) is 4.33. The van der Waals surface area contributed by atoms with Crippen molar-refractivity contribution in [2.45, 2.75) is 46.0 Å². The van der Waals surface area contributed by atoms with E-state index < -0.39 is 0 Å². The van der Waals surface area contributed by atoms with Crippen LogP contribution in [0.15, 0.2) is 0 Å². The van der Waals surface area contributed by atoms with Crippen molar-refractivity contribution in [3.8, 4) is 0 Å². The molecule has 1 aliphatic rings. The Morgan fingerprint density at radius 3 is 2.77 bits per heavy atom. The van der Waals surface area contributed by atoms with E-state index in [2.05, 4.69) is 6.92 Å². The van der Waals surface area contributed by atoms with Gasteiger partial charge in [-0.3, -0.25) is 4.79 Å². The fourth-order valence-corrected chi connectivity index (χ4v) is 2.27. The van der Waals surface area contributed by atoms with Crippen molar-refractivity contribution in [3.05, 3.63) is 0 Å². The van der Waals surface area contributed by atoms with Gasteiger partial charge in [0.25, 0.3) is 0 Å². The van der Waals surface area contributed by atoms with Gasteiger partial charge in [0.2, 0.25) is 0 Å². The first kappa shape index (κ1) is 10.4. The molecule has 0 N–H and O–H groups in total. The fraction of sp³-hybridized carbons (Fsp3) is 0.818.